The van der Waals surface area contributed by atoms with E-state index in [0.29, 0.717) is 17.4 Å². The molecule has 1 heterocycles. The van der Waals surface area contributed by atoms with Crippen molar-refractivity contribution in [3.05, 3.63) is 23.4 Å². The van der Waals surface area contributed by atoms with Gasteiger partial charge in [-0.25, -0.2) is 13.4 Å². The minimum atomic E-state index is -2.94. The summed E-state index contributed by atoms with van der Waals surface area (Å²) in [6.45, 7) is 1.95. The van der Waals surface area contributed by atoms with Gasteiger partial charge in [-0.3, -0.25) is 0 Å². The van der Waals surface area contributed by atoms with Crippen molar-refractivity contribution in [2.24, 2.45) is 0 Å². The minimum Gasteiger partial charge on any atom is -0.368 e. The van der Waals surface area contributed by atoms with Crippen molar-refractivity contribution < 1.29 is 8.42 Å². The Kier molecular flexibility index (Phi) is 4.35. The maximum Gasteiger partial charge on any atom is 0.151 e. The third-order valence-electron chi connectivity index (χ3n) is 1.90. The fourth-order valence-electron chi connectivity index (χ4n) is 0.985. The number of nitrogens with zero attached hydrogens (tertiary/aromatic N) is 1. The van der Waals surface area contributed by atoms with E-state index in [1.165, 1.54) is 0 Å². The summed E-state index contributed by atoms with van der Waals surface area (Å²) in [7, 11) is -2.94. The summed E-state index contributed by atoms with van der Waals surface area (Å²) < 4.78 is 22.4. The highest BCUT2D eigenvalue weighted by Gasteiger charge is 2.07. The molecule has 0 atom stereocenters. The van der Waals surface area contributed by atoms with Gasteiger partial charge in [0.25, 0.3) is 0 Å². The Bertz CT molecular complexity index is 420. The second kappa shape index (κ2) is 5.32. The summed E-state index contributed by atoms with van der Waals surface area (Å²) >= 11 is 5.83. The van der Waals surface area contributed by atoms with Gasteiger partial charge in [-0.05, 0) is 12.1 Å². The third kappa shape index (κ3) is 4.05. The molecule has 0 saturated heterocycles. The lowest BCUT2D eigenvalue weighted by atomic mass is 10.4. The van der Waals surface area contributed by atoms with E-state index in [1.54, 1.807) is 25.3 Å². The van der Waals surface area contributed by atoms with Crippen LogP contribution in [-0.2, 0) is 9.84 Å². The number of anilines is 1. The second-order valence-electron chi connectivity index (χ2n) is 3.00. The van der Waals surface area contributed by atoms with Gasteiger partial charge < -0.3 is 5.32 Å². The van der Waals surface area contributed by atoms with E-state index < -0.39 is 9.84 Å². The molecule has 15 heavy (non-hydrogen) atoms. The van der Waals surface area contributed by atoms with E-state index in [-0.39, 0.29) is 11.5 Å². The smallest absolute Gasteiger partial charge is 0.151 e. The molecule has 1 aromatic heterocycles. The Hall–Kier alpha value is -0.810. The van der Waals surface area contributed by atoms with Crippen LogP contribution in [0.15, 0.2) is 18.3 Å². The standard InChI is InChI=1S/C9H13ClN2O2S/c1-2-15(13,14)7-6-12-9-8(10)4-3-5-11-9/h3-5H,2,6-7H2,1H3,(H,11,12). The SMILES string of the molecule is CCS(=O)(=O)CCNc1ncccc1Cl. The molecule has 0 bridgehead atoms. The van der Waals surface area contributed by atoms with E-state index in [1.807, 2.05) is 0 Å². The molecule has 1 aromatic rings. The summed E-state index contributed by atoms with van der Waals surface area (Å²) in [5.41, 5.74) is 0. The predicted molar refractivity (Wildman–Crippen MR) is 62.1 cm³/mol. The zero-order valence-electron chi connectivity index (χ0n) is 8.40. The van der Waals surface area contributed by atoms with Crippen molar-refractivity contribution in [2.75, 3.05) is 23.4 Å². The summed E-state index contributed by atoms with van der Waals surface area (Å²) in [5.74, 6) is 0.770. The number of hydrogen-bond acceptors (Lipinski definition) is 4. The van der Waals surface area contributed by atoms with E-state index in [9.17, 15) is 8.42 Å². The molecular formula is C9H13ClN2O2S. The zero-order chi connectivity index (χ0) is 11.3. The van der Waals surface area contributed by atoms with E-state index in [0.717, 1.165) is 0 Å². The molecule has 0 saturated carbocycles. The van der Waals surface area contributed by atoms with Crippen LogP contribution in [0.2, 0.25) is 5.02 Å². The van der Waals surface area contributed by atoms with Crippen LogP contribution in [-0.4, -0.2) is 31.5 Å². The maximum absolute atomic E-state index is 11.2. The molecule has 0 aromatic carbocycles. The molecule has 0 unspecified atom stereocenters. The number of nitrogens with one attached hydrogen (secondary N) is 1. The average Bonchev–Trinajstić information content (AvgIpc) is 2.21. The van der Waals surface area contributed by atoms with Crippen molar-refractivity contribution in [1.29, 1.82) is 0 Å². The Morgan fingerprint density at radius 1 is 1.53 bits per heavy atom. The van der Waals surface area contributed by atoms with Gasteiger partial charge in [-0.1, -0.05) is 18.5 Å². The fourth-order valence-corrected chi connectivity index (χ4v) is 1.88. The average molecular weight is 249 g/mol. The summed E-state index contributed by atoms with van der Waals surface area (Å²) in [6, 6.07) is 3.42. The normalized spacial score (nSPS) is 11.3. The Morgan fingerprint density at radius 3 is 2.87 bits per heavy atom. The van der Waals surface area contributed by atoms with Crippen molar-refractivity contribution in [3.8, 4) is 0 Å². The summed E-state index contributed by atoms with van der Waals surface area (Å²) in [5, 5.41) is 3.37. The van der Waals surface area contributed by atoms with Crippen LogP contribution in [0.3, 0.4) is 0 Å². The highest BCUT2D eigenvalue weighted by Crippen LogP contribution is 2.16. The molecule has 4 nitrogen and oxygen atoms in total. The van der Waals surface area contributed by atoms with Crippen molar-refractivity contribution in [2.45, 2.75) is 6.92 Å². The molecule has 0 aliphatic heterocycles. The van der Waals surface area contributed by atoms with Gasteiger partial charge in [-0.2, -0.15) is 0 Å². The van der Waals surface area contributed by atoms with Crippen LogP contribution in [0.1, 0.15) is 6.92 Å². The first kappa shape index (κ1) is 12.3. The minimum absolute atomic E-state index is 0.0937. The lowest BCUT2D eigenvalue weighted by molar-refractivity contribution is 0.597. The molecule has 84 valence electrons. The molecular weight excluding hydrogens is 236 g/mol. The first-order chi connectivity index (χ1) is 7.05. The van der Waals surface area contributed by atoms with Gasteiger partial charge in [0.2, 0.25) is 0 Å². The van der Waals surface area contributed by atoms with Gasteiger partial charge in [0.1, 0.15) is 5.82 Å². The zero-order valence-corrected chi connectivity index (χ0v) is 9.98. The van der Waals surface area contributed by atoms with E-state index >= 15 is 0 Å². The number of sulfone groups is 1. The molecule has 0 radical (unpaired) electrons. The molecule has 0 aliphatic carbocycles. The maximum atomic E-state index is 11.2. The summed E-state index contributed by atoms with van der Waals surface area (Å²) in [4.78, 5) is 3.99. The molecule has 0 amide bonds. The van der Waals surface area contributed by atoms with Gasteiger partial charge in [0, 0.05) is 18.5 Å². The molecule has 6 heteroatoms. The quantitative estimate of drug-likeness (QED) is 0.860. The van der Waals surface area contributed by atoms with Gasteiger partial charge >= 0.3 is 0 Å². The first-order valence-corrected chi connectivity index (χ1v) is 6.80. The lowest BCUT2D eigenvalue weighted by Crippen LogP contribution is -2.17. The van der Waals surface area contributed by atoms with Crippen LogP contribution in [0.5, 0.6) is 0 Å². The van der Waals surface area contributed by atoms with Crippen LogP contribution in [0.25, 0.3) is 0 Å². The van der Waals surface area contributed by atoms with Gasteiger partial charge in [0.05, 0.1) is 10.8 Å². The molecule has 1 N–H and O–H groups in total. The van der Waals surface area contributed by atoms with Gasteiger partial charge in [-0.15, -0.1) is 0 Å². The lowest BCUT2D eigenvalue weighted by Gasteiger charge is -2.06. The highest BCUT2D eigenvalue weighted by atomic mass is 35.5. The molecule has 0 aliphatic rings. The number of rotatable bonds is 5. The first-order valence-electron chi connectivity index (χ1n) is 4.60. The van der Waals surface area contributed by atoms with Crippen molar-refractivity contribution >= 4 is 27.3 Å². The van der Waals surface area contributed by atoms with Gasteiger partial charge in [0.15, 0.2) is 9.84 Å². The molecule has 0 fully saturated rings. The Labute approximate surface area is 94.6 Å². The molecule has 0 spiro atoms. The van der Waals surface area contributed by atoms with Crippen LogP contribution >= 0.6 is 11.6 Å². The largest absolute Gasteiger partial charge is 0.368 e. The topological polar surface area (TPSA) is 59.1 Å². The van der Waals surface area contributed by atoms with Crippen molar-refractivity contribution in [3.63, 3.8) is 0 Å². The Morgan fingerprint density at radius 2 is 2.27 bits per heavy atom. The number of aromatic nitrogens is 1. The Balaban J connectivity index is 2.49. The predicted octanol–water partition coefficient (Wildman–Crippen LogP) is 1.58. The monoisotopic (exact) mass is 248 g/mol. The summed E-state index contributed by atoms with van der Waals surface area (Å²) in [6.07, 6.45) is 1.60. The van der Waals surface area contributed by atoms with E-state index in [4.69, 9.17) is 11.6 Å². The number of halogens is 1. The third-order valence-corrected chi connectivity index (χ3v) is 3.91. The van der Waals surface area contributed by atoms with Crippen molar-refractivity contribution in [1.82, 2.24) is 4.98 Å². The number of pyridine rings is 1. The number of hydrogen-bond donors (Lipinski definition) is 1. The van der Waals surface area contributed by atoms with Crippen LogP contribution in [0, 0.1) is 0 Å². The van der Waals surface area contributed by atoms with Crippen LogP contribution in [0.4, 0.5) is 5.82 Å². The van der Waals surface area contributed by atoms with E-state index in [2.05, 4.69) is 10.3 Å². The molecule has 1 rings (SSSR count). The highest BCUT2D eigenvalue weighted by molar-refractivity contribution is 7.91. The second-order valence-corrected chi connectivity index (χ2v) is 5.88. The fraction of sp³-hybridized carbons (Fsp3) is 0.444. The van der Waals surface area contributed by atoms with Crippen LogP contribution < -0.4 is 5.32 Å².